The molecule has 3 aromatic rings. The van der Waals surface area contributed by atoms with Gasteiger partial charge in [0, 0.05) is 48.7 Å². The number of hydrogen-bond donors (Lipinski definition) is 0. The Bertz CT molecular complexity index is 1560. The summed E-state index contributed by atoms with van der Waals surface area (Å²) in [4.78, 5) is 36.0. The van der Waals surface area contributed by atoms with E-state index in [1.54, 1.807) is 0 Å². The van der Waals surface area contributed by atoms with Crippen LogP contribution in [0.4, 0.5) is 11.6 Å². The predicted molar refractivity (Wildman–Crippen MR) is 179 cm³/mol. The zero-order valence-corrected chi connectivity index (χ0v) is 29.0. The lowest BCUT2D eigenvalue weighted by Gasteiger charge is -2.41. The van der Waals surface area contributed by atoms with E-state index >= 15 is 0 Å². The average molecular weight is 635 g/mol. The lowest BCUT2D eigenvalue weighted by atomic mass is 9.81. The highest BCUT2D eigenvalue weighted by molar-refractivity contribution is 6.28. The normalized spacial score (nSPS) is 17.3. The van der Waals surface area contributed by atoms with Gasteiger partial charge in [-0.3, -0.25) is 4.98 Å². The molecule has 0 saturated carbocycles. The molecule has 4 heterocycles. The fraction of sp³-hybridized carbons (Fsp3) is 0.571. The second-order valence-corrected chi connectivity index (χ2v) is 14.7. The molecule has 0 spiro atoms. The summed E-state index contributed by atoms with van der Waals surface area (Å²) in [6.07, 6.45) is 3.20. The largest absolute Gasteiger partial charge is 0.461 e. The Morgan fingerprint density at radius 1 is 0.978 bits per heavy atom. The van der Waals surface area contributed by atoms with E-state index < -0.39 is 11.7 Å². The first-order valence-corrected chi connectivity index (χ1v) is 16.4. The second-order valence-electron chi connectivity index (χ2n) is 14.4. The number of aromatic nitrogens is 4. The standard InChI is InChI=1S/C35H47ClN6O3/c1-21(2)44-31(43)30(45-34(5,6)7)28-23(4)39-22(3)27(29(28)41-16-13-35(8,9)14-17-41)25-10-11-26-19-42(15-12-24(26)18-25)33-38-20-37-32(36)40-33/h10-11,18,20-21,30H,12-17,19H2,1-9H3/t30-/m0/s1. The molecule has 45 heavy (non-hydrogen) atoms. The van der Waals surface area contributed by atoms with Gasteiger partial charge in [-0.25, -0.2) is 14.8 Å². The van der Waals surface area contributed by atoms with E-state index in [1.165, 1.54) is 17.5 Å². The summed E-state index contributed by atoms with van der Waals surface area (Å²) in [5, 5.41) is 0.193. The molecule has 242 valence electrons. The highest BCUT2D eigenvalue weighted by atomic mass is 35.5. The highest BCUT2D eigenvalue weighted by Gasteiger charge is 2.38. The summed E-state index contributed by atoms with van der Waals surface area (Å²) in [5.41, 5.74) is 7.84. The number of nitrogens with zero attached hydrogens (tertiary/aromatic N) is 6. The molecule has 2 aliphatic heterocycles. The third-order valence-corrected chi connectivity index (χ3v) is 8.81. The number of ether oxygens (including phenoxy) is 2. The lowest BCUT2D eigenvalue weighted by Crippen LogP contribution is -2.39. The minimum atomic E-state index is -0.914. The molecule has 2 aromatic heterocycles. The van der Waals surface area contributed by atoms with Crippen LogP contribution in [0.25, 0.3) is 11.1 Å². The molecule has 5 rings (SSSR count). The number of esters is 1. The van der Waals surface area contributed by atoms with Crippen molar-refractivity contribution in [1.82, 2.24) is 19.9 Å². The third-order valence-electron chi connectivity index (χ3n) is 8.63. The van der Waals surface area contributed by atoms with Gasteiger partial charge < -0.3 is 19.3 Å². The van der Waals surface area contributed by atoms with Gasteiger partial charge in [-0.05, 0) is 101 Å². The molecule has 0 amide bonds. The summed E-state index contributed by atoms with van der Waals surface area (Å²) in [7, 11) is 0. The summed E-state index contributed by atoms with van der Waals surface area (Å²) < 4.78 is 12.4. The topological polar surface area (TPSA) is 93.6 Å². The molecule has 1 aromatic carbocycles. The van der Waals surface area contributed by atoms with Crippen LogP contribution in [0, 0.1) is 19.3 Å². The molecule has 9 nitrogen and oxygen atoms in total. The average Bonchev–Trinajstić information content (AvgIpc) is 2.94. The van der Waals surface area contributed by atoms with Crippen LogP contribution in [0.1, 0.15) is 95.5 Å². The van der Waals surface area contributed by atoms with Crippen molar-refractivity contribution in [2.24, 2.45) is 5.41 Å². The van der Waals surface area contributed by atoms with Crippen molar-refractivity contribution in [3.8, 4) is 11.1 Å². The lowest BCUT2D eigenvalue weighted by molar-refractivity contribution is -0.171. The van der Waals surface area contributed by atoms with E-state index in [2.05, 4.69) is 63.7 Å². The second kappa shape index (κ2) is 12.8. The Balaban J connectivity index is 1.64. The van der Waals surface area contributed by atoms with Gasteiger partial charge in [-0.2, -0.15) is 4.98 Å². The molecule has 0 N–H and O–H groups in total. The summed E-state index contributed by atoms with van der Waals surface area (Å²) in [6, 6.07) is 6.66. The van der Waals surface area contributed by atoms with Crippen molar-refractivity contribution in [3.05, 3.63) is 57.9 Å². The van der Waals surface area contributed by atoms with Gasteiger partial charge in [0.1, 0.15) is 6.33 Å². The first-order valence-electron chi connectivity index (χ1n) is 16.0. The maximum atomic E-state index is 13.8. The number of carbonyl (C=O) groups excluding carboxylic acids is 1. The fourth-order valence-corrected chi connectivity index (χ4v) is 6.46. The van der Waals surface area contributed by atoms with E-state index in [-0.39, 0.29) is 22.8 Å². The smallest absolute Gasteiger partial charge is 0.340 e. The SMILES string of the molecule is Cc1nc(C)c([C@H](OC(C)(C)C)C(=O)OC(C)C)c(N2CCC(C)(C)CC2)c1-c1ccc2c(c1)CCN(c1ncnc(Cl)n1)C2. The van der Waals surface area contributed by atoms with E-state index in [9.17, 15) is 4.79 Å². The Kier molecular flexibility index (Phi) is 9.43. The number of benzene rings is 1. The van der Waals surface area contributed by atoms with Crippen molar-refractivity contribution in [3.63, 3.8) is 0 Å². The number of anilines is 2. The molecular formula is C35H47ClN6O3. The molecule has 10 heteroatoms. The van der Waals surface area contributed by atoms with Crippen molar-refractivity contribution >= 4 is 29.2 Å². The molecule has 0 bridgehead atoms. The highest BCUT2D eigenvalue weighted by Crippen LogP contribution is 2.45. The number of pyridine rings is 1. The summed E-state index contributed by atoms with van der Waals surface area (Å²) in [6.45, 7) is 21.6. The number of carbonyl (C=O) groups is 1. The van der Waals surface area contributed by atoms with Crippen LogP contribution in [0.15, 0.2) is 24.5 Å². The Morgan fingerprint density at radius 3 is 2.33 bits per heavy atom. The van der Waals surface area contributed by atoms with Gasteiger partial charge in [0.05, 0.1) is 17.4 Å². The Hall–Kier alpha value is -3.30. The predicted octanol–water partition coefficient (Wildman–Crippen LogP) is 7.20. The number of halogens is 1. The fourth-order valence-electron chi connectivity index (χ4n) is 6.34. The maximum absolute atomic E-state index is 13.8. The third kappa shape index (κ3) is 7.58. The molecule has 1 atom stereocenters. The van der Waals surface area contributed by atoms with Crippen LogP contribution in [0.5, 0.6) is 0 Å². The van der Waals surface area contributed by atoms with Crippen LogP contribution in [-0.2, 0) is 27.2 Å². The van der Waals surface area contributed by atoms with Crippen molar-refractivity contribution in [2.45, 2.75) is 106 Å². The Morgan fingerprint density at radius 2 is 1.69 bits per heavy atom. The van der Waals surface area contributed by atoms with Crippen molar-refractivity contribution in [2.75, 3.05) is 29.4 Å². The monoisotopic (exact) mass is 634 g/mol. The van der Waals surface area contributed by atoms with Crippen molar-refractivity contribution < 1.29 is 14.3 Å². The van der Waals surface area contributed by atoms with Crippen LogP contribution in [0.3, 0.4) is 0 Å². The van der Waals surface area contributed by atoms with Crippen LogP contribution in [-0.4, -0.2) is 57.2 Å². The van der Waals surface area contributed by atoms with Gasteiger partial charge in [-0.15, -0.1) is 0 Å². The molecule has 1 fully saturated rings. The first-order chi connectivity index (χ1) is 21.1. The van der Waals surface area contributed by atoms with Gasteiger partial charge in [0.25, 0.3) is 0 Å². The summed E-state index contributed by atoms with van der Waals surface area (Å²) >= 11 is 6.05. The molecule has 0 aliphatic carbocycles. The zero-order chi connectivity index (χ0) is 32.7. The minimum absolute atomic E-state index is 0.193. The van der Waals surface area contributed by atoms with Gasteiger partial charge in [0.15, 0.2) is 6.10 Å². The molecule has 1 saturated heterocycles. The summed E-state index contributed by atoms with van der Waals surface area (Å²) in [5.74, 6) is 0.198. The minimum Gasteiger partial charge on any atom is -0.461 e. The number of rotatable bonds is 7. The van der Waals surface area contributed by atoms with Gasteiger partial charge >= 0.3 is 5.97 Å². The quantitative estimate of drug-likeness (QED) is 0.250. The van der Waals surface area contributed by atoms with Crippen LogP contribution < -0.4 is 9.80 Å². The van der Waals surface area contributed by atoms with E-state index in [1.807, 2.05) is 41.5 Å². The van der Waals surface area contributed by atoms with Crippen molar-refractivity contribution in [1.29, 1.82) is 0 Å². The molecule has 0 unspecified atom stereocenters. The number of aryl methyl sites for hydroxylation is 2. The number of piperidine rings is 1. The molecule has 2 aliphatic rings. The van der Waals surface area contributed by atoms with E-state index in [4.69, 9.17) is 26.1 Å². The number of hydrogen-bond acceptors (Lipinski definition) is 9. The zero-order valence-electron chi connectivity index (χ0n) is 28.2. The Labute approximate surface area is 272 Å². The first kappa shape index (κ1) is 33.1. The van der Waals surface area contributed by atoms with E-state index in [0.717, 1.165) is 72.7 Å². The van der Waals surface area contributed by atoms with Gasteiger partial charge in [-0.1, -0.05) is 32.0 Å². The van der Waals surface area contributed by atoms with Crippen LogP contribution >= 0.6 is 11.6 Å². The molecular weight excluding hydrogens is 588 g/mol. The number of fused-ring (bicyclic) bond motifs is 1. The van der Waals surface area contributed by atoms with E-state index in [0.29, 0.717) is 12.5 Å². The maximum Gasteiger partial charge on any atom is 0.340 e. The van der Waals surface area contributed by atoms with Gasteiger partial charge in [0.2, 0.25) is 11.2 Å². The van der Waals surface area contributed by atoms with Crippen LogP contribution in [0.2, 0.25) is 5.28 Å². The molecule has 0 radical (unpaired) electrons.